The third kappa shape index (κ3) is 8.27. The van der Waals surface area contributed by atoms with Crippen molar-refractivity contribution in [3.05, 3.63) is 0 Å². The highest BCUT2D eigenvalue weighted by Crippen LogP contribution is 2.38. The summed E-state index contributed by atoms with van der Waals surface area (Å²) in [6.07, 6.45) is 15.4. The van der Waals surface area contributed by atoms with Crippen molar-refractivity contribution in [1.29, 1.82) is 0 Å². The van der Waals surface area contributed by atoms with Crippen molar-refractivity contribution in [3.63, 3.8) is 0 Å². The van der Waals surface area contributed by atoms with Gasteiger partial charge in [-0.25, -0.2) is 4.79 Å². The van der Waals surface area contributed by atoms with Gasteiger partial charge in [0.2, 0.25) is 0 Å². The van der Waals surface area contributed by atoms with E-state index in [1.54, 1.807) is 0 Å². The van der Waals surface area contributed by atoms with E-state index in [-0.39, 0.29) is 6.42 Å². The standard InChI is InChI=1S/C20H36O4/c1-2-3-4-5-6-7-11-16-13-10-14-17(16)12-8-9-15-18(21)19(22)20(23)24/h16-18,21H,2-15H2,1H3,(H,23,24)/t16-,17-,18?/m0/s1. The predicted octanol–water partition coefficient (Wildman–Crippen LogP) is 4.73. The Bertz CT molecular complexity index is 367. The summed E-state index contributed by atoms with van der Waals surface area (Å²) in [7, 11) is 0. The molecule has 0 aromatic carbocycles. The number of carbonyl (C=O) groups is 2. The van der Waals surface area contributed by atoms with Crippen LogP contribution in [0.25, 0.3) is 0 Å². The molecule has 0 spiro atoms. The van der Waals surface area contributed by atoms with E-state index < -0.39 is 17.9 Å². The molecular formula is C20H36O4. The quantitative estimate of drug-likeness (QED) is 0.354. The van der Waals surface area contributed by atoms with Crippen LogP contribution >= 0.6 is 0 Å². The zero-order chi connectivity index (χ0) is 17.8. The molecule has 1 saturated carbocycles. The number of carboxylic acids is 1. The number of carboxylic acid groups (broad SMARTS) is 1. The van der Waals surface area contributed by atoms with E-state index in [9.17, 15) is 14.7 Å². The lowest BCUT2D eigenvalue weighted by Crippen LogP contribution is -2.27. The average molecular weight is 341 g/mol. The average Bonchev–Trinajstić information content (AvgIpc) is 3.01. The molecule has 1 fully saturated rings. The lowest BCUT2D eigenvalue weighted by Gasteiger charge is -2.19. The summed E-state index contributed by atoms with van der Waals surface area (Å²) in [4.78, 5) is 21.6. The highest BCUT2D eigenvalue weighted by molar-refractivity contribution is 6.34. The topological polar surface area (TPSA) is 74.6 Å². The Labute approximate surface area is 147 Å². The number of rotatable bonds is 14. The second-order valence-corrected chi connectivity index (χ2v) is 7.48. The van der Waals surface area contributed by atoms with Crippen LogP contribution in [0, 0.1) is 11.8 Å². The van der Waals surface area contributed by atoms with Crippen molar-refractivity contribution >= 4 is 11.8 Å². The van der Waals surface area contributed by atoms with Gasteiger partial charge in [0.15, 0.2) is 0 Å². The Hall–Kier alpha value is -0.900. The van der Waals surface area contributed by atoms with E-state index in [1.165, 1.54) is 64.2 Å². The molecule has 0 saturated heterocycles. The molecule has 0 aromatic rings. The van der Waals surface area contributed by atoms with Gasteiger partial charge in [-0.2, -0.15) is 0 Å². The molecule has 3 atom stereocenters. The number of hydrogen-bond acceptors (Lipinski definition) is 3. The van der Waals surface area contributed by atoms with E-state index in [2.05, 4.69) is 6.92 Å². The van der Waals surface area contributed by atoms with Gasteiger partial charge in [-0.15, -0.1) is 0 Å². The number of hydrogen-bond donors (Lipinski definition) is 2. The minimum absolute atomic E-state index is 0.278. The molecule has 0 aromatic heterocycles. The zero-order valence-electron chi connectivity index (χ0n) is 15.3. The summed E-state index contributed by atoms with van der Waals surface area (Å²) in [5, 5.41) is 18.1. The fourth-order valence-corrected chi connectivity index (χ4v) is 4.08. The third-order valence-electron chi connectivity index (χ3n) is 5.56. The third-order valence-corrected chi connectivity index (χ3v) is 5.56. The maximum Gasteiger partial charge on any atom is 0.374 e. The Morgan fingerprint density at radius 3 is 2.04 bits per heavy atom. The number of aliphatic hydroxyl groups is 1. The smallest absolute Gasteiger partial charge is 0.374 e. The van der Waals surface area contributed by atoms with Crippen LogP contribution in [0.3, 0.4) is 0 Å². The molecule has 1 unspecified atom stereocenters. The van der Waals surface area contributed by atoms with Crippen molar-refractivity contribution in [2.24, 2.45) is 11.8 Å². The zero-order valence-corrected chi connectivity index (χ0v) is 15.3. The summed E-state index contributed by atoms with van der Waals surface area (Å²) in [6, 6.07) is 0. The summed E-state index contributed by atoms with van der Waals surface area (Å²) in [6.45, 7) is 2.25. The van der Waals surface area contributed by atoms with Crippen LogP contribution in [0.5, 0.6) is 0 Å². The van der Waals surface area contributed by atoms with Gasteiger partial charge in [0.1, 0.15) is 6.10 Å². The van der Waals surface area contributed by atoms with Crippen molar-refractivity contribution in [2.45, 2.75) is 103 Å². The van der Waals surface area contributed by atoms with Gasteiger partial charge in [0.05, 0.1) is 0 Å². The van der Waals surface area contributed by atoms with Crippen LogP contribution in [-0.4, -0.2) is 28.1 Å². The molecule has 0 radical (unpaired) electrons. The largest absolute Gasteiger partial charge is 0.475 e. The second-order valence-electron chi connectivity index (χ2n) is 7.48. The van der Waals surface area contributed by atoms with Gasteiger partial charge in [-0.1, -0.05) is 90.4 Å². The fraction of sp³-hybridized carbons (Fsp3) is 0.900. The van der Waals surface area contributed by atoms with Gasteiger partial charge in [0.25, 0.3) is 5.78 Å². The van der Waals surface area contributed by atoms with Crippen LogP contribution < -0.4 is 0 Å². The fourth-order valence-electron chi connectivity index (χ4n) is 4.08. The maximum atomic E-state index is 11.1. The van der Waals surface area contributed by atoms with E-state index in [4.69, 9.17) is 5.11 Å². The van der Waals surface area contributed by atoms with Crippen molar-refractivity contribution in [1.82, 2.24) is 0 Å². The number of carbonyl (C=O) groups excluding carboxylic acids is 1. The summed E-state index contributed by atoms with van der Waals surface area (Å²) >= 11 is 0. The molecule has 1 rings (SSSR count). The first-order valence-corrected chi connectivity index (χ1v) is 10.0. The van der Waals surface area contributed by atoms with Crippen LogP contribution in [0.15, 0.2) is 0 Å². The van der Waals surface area contributed by atoms with E-state index >= 15 is 0 Å². The Balaban J connectivity index is 2.11. The lowest BCUT2D eigenvalue weighted by molar-refractivity contribution is -0.153. The molecule has 1 aliphatic rings. The molecule has 0 amide bonds. The van der Waals surface area contributed by atoms with Crippen molar-refractivity contribution < 1.29 is 19.8 Å². The summed E-state index contributed by atoms with van der Waals surface area (Å²) in [5.41, 5.74) is 0. The van der Waals surface area contributed by atoms with E-state index in [0.717, 1.165) is 31.1 Å². The SMILES string of the molecule is CCCCCCCC[C@H]1CCC[C@@H]1CCCCC(O)C(=O)C(=O)O. The van der Waals surface area contributed by atoms with Crippen molar-refractivity contribution in [3.8, 4) is 0 Å². The van der Waals surface area contributed by atoms with Crippen LogP contribution in [0.2, 0.25) is 0 Å². The lowest BCUT2D eigenvalue weighted by atomic mass is 9.86. The minimum Gasteiger partial charge on any atom is -0.475 e. The van der Waals surface area contributed by atoms with Gasteiger partial charge >= 0.3 is 5.97 Å². The Kier molecular flexibility index (Phi) is 11.0. The Morgan fingerprint density at radius 2 is 1.46 bits per heavy atom. The summed E-state index contributed by atoms with van der Waals surface area (Å²) < 4.78 is 0. The molecule has 24 heavy (non-hydrogen) atoms. The number of aliphatic hydroxyl groups excluding tert-OH is 1. The molecule has 2 N–H and O–H groups in total. The number of Topliss-reactive ketones (excluding diaryl/α,β-unsaturated/α-hetero) is 1. The monoisotopic (exact) mass is 340 g/mol. The molecular weight excluding hydrogens is 304 g/mol. The highest BCUT2D eigenvalue weighted by atomic mass is 16.4. The molecule has 0 aliphatic heterocycles. The van der Waals surface area contributed by atoms with Crippen LogP contribution in [0.1, 0.15) is 96.8 Å². The Morgan fingerprint density at radius 1 is 0.917 bits per heavy atom. The first-order chi connectivity index (χ1) is 11.6. The molecule has 4 heteroatoms. The number of unbranched alkanes of at least 4 members (excludes halogenated alkanes) is 6. The molecule has 0 heterocycles. The van der Waals surface area contributed by atoms with Crippen LogP contribution in [-0.2, 0) is 9.59 Å². The molecule has 1 aliphatic carbocycles. The van der Waals surface area contributed by atoms with Crippen molar-refractivity contribution in [2.75, 3.05) is 0 Å². The normalized spacial score (nSPS) is 21.8. The number of ketones is 1. The summed E-state index contributed by atoms with van der Waals surface area (Å²) in [5.74, 6) is -0.941. The van der Waals surface area contributed by atoms with Gasteiger partial charge in [-0.05, 0) is 18.3 Å². The van der Waals surface area contributed by atoms with Crippen LogP contribution in [0.4, 0.5) is 0 Å². The second kappa shape index (κ2) is 12.5. The van der Waals surface area contributed by atoms with Gasteiger partial charge < -0.3 is 10.2 Å². The molecule has 4 nitrogen and oxygen atoms in total. The molecule has 140 valence electrons. The first-order valence-electron chi connectivity index (χ1n) is 10.0. The molecule has 0 bridgehead atoms. The highest BCUT2D eigenvalue weighted by Gasteiger charge is 2.26. The first kappa shape index (κ1) is 21.1. The number of aliphatic carboxylic acids is 1. The van der Waals surface area contributed by atoms with E-state index in [1.807, 2.05) is 0 Å². The predicted molar refractivity (Wildman–Crippen MR) is 95.9 cm³/mol. The van der Waals surface area contributed by atoms with E-state index in [0.29, 0.717) is 0 Å². The minimum atomic E-state index is -1.53. The van der Waals surface area contributed by atoms with Gasteiger partial charge in [-0.3, -0.25) is 4.79 Å². The van der Waals surface area contributed by atoms with Gasteiger partial charge in [0, 0.05) is 0 Å². The maximum absolute atomic E-state index is 11.1.